The molecule has 0 aliphatic carbocycles. The van der Waals surface area contributed by atoms with Crippen molar-refractivity contribution < 1.29 is 42.2 Å². The number of carboxylic acid groups (broad SMARTS) is 1. The molecule has 1 unspecified atom stereocenters. The van der Waals surface area contributed by atoms with E-state index in [9.17, 15) is 33.0 Å². The van der Waals surface area contributed by atoms with Gasteiger partial charge in [0.25, 0.3) is 0 Å². The van der Waals surface area contributed by atoms with Crippen LogP contribution in [-0.2, 0) is 21.6 Å². The lowest BCUT2D eigenvalue weighted by Gasteiger charge is -2.23. The average molecular weight is 754 g/mol. The van der Waals surface area contributed by atoms with Gasteiger partial charge in [0.1, 0.15) is 5.75 Å². The van der Waals surface area contributed by atoms with E-state index >= 15 is 0 Å². The Hall–Kier alpha value is -3.77. The third-order valence-electron chi connectivity index (χ3n) is 6.70. The molecule has 0 aliphatic heterocycles. The van der Waals surface area contributed by atoms with E-state index in [0.717, 1.165) is 6.07 Å². The lowest BCUT2D eigenvalue weighted by Crippen LogP contribution is -2.18. The van der Waals surface area contributed by atoms with Crippen LogP contribution in [0.5, 0.6) is 5.75 Å². The average Bonchev–Trinajstić information content (AvgIpc) is 3.50. The van der Waals surface area contributed by atoms with Gasteiger partial charge in [-0.3, -0.25) is 9.46 Å². The first-order valence-corrected chi connectivity index (χ1v) is 16.4. The van der Waals surface area contributed by atoms with Crippen molar-refractivity contribution in [2.75, 3.05) is 4.90 Å². The number of rotatable bonds is 11. The van der Waals surface area contributed by atoms with Gasteiger partial charge >= 0.3 is 25.2 Å². The van der Waals surface area contributed by atoms with Gasteiger partial charge in [0.05, 0.1) is 22.8 Å². The van der Waals surface area contributed by atoms with Gasteiger partial charge in [-0.2, -0.15) is 8.78 Å². The quantitative estimate of drug-likeness (QED) is 0.113. The fourth-order valence-electron chi connectivity index (χ4n) is 4.43. The third kappa shape index (κ3) is 7.28. The monoisotopic (exact) mass is 752 g/mol. The minimum Gasteiger partial charge on any atom is -0.478 e. The van der Waals surface area contributed by atoms with Gasteiger partial charge < -0.3 is 24.0 Å². The number of aliphatic carboxylic acids is 1. The van der Waals surface area contributed by atoms with Crippen molar-refractivity contribution in [3.05, 3.63) is 128 Å². The van der Waals surface area contributed by atoms with E-state index in [1.54, 1.807) is 77.7 Å². The highest BCUT2D eigenvalue weighted by Crippen LogP contribution is 2.60. The Kier molecular flexibility index (Phi) is 9.88. The molecule has 5 aromatic rings. The predicted octanol–water partition coefficient (Wildman–Crippen LogP) is 9.18. The van der Waals surface area contributed by atoms with E-state index in [2.05, 4.69) is 20.9 Å². The number of carboxylic acids is 1. The Morgan fingerprint density at radius 1 is 1.00 bits per heavy atom. The molecule has 0 aliphatic rings. The molecule has 0 saturated carbocycles. The Labute approximate surface area is 279 Å². The SMILES string of the molecule is O=C(O)C(Oc1cccc(-c2cnc(N(Cc3ccc(C(F)(F)P(=O)(O)O)c(Br)c3)c3ccc(Cl)c(Cl)c3)o2)c1)c1ccccc1. The highest BCUT2D eigenvalue weighted by Gasteiger charge is 2.51. The maximum absolute atomic E-state index is 14.4. The van der Waals surface area contributed by atoms with Crippen LogP contribution in [0.1, 0.15) is 22.8 Å². The van der Waals surface area contributed by atoms with Crippen molar-refractivity contribution in [2.24, 2.45) is 0 Å². The van der Waals surface area contributed by atoms with Crippen LogP contribution < -0.4 is 9.64 Å². The van der Waals surface area contributed by atoms with Crippen LogP contribution in [-0.4, -0.2) is 25.8 Å². The van der Waals surface area contributed by atoms with Crippen LogP contribution >= 0.6 is 46.7 Å². The van der Waals surface area contributed by atoms with E-state index < -0.39 is 30.9 Å². The largest absolute Gasteiger partial charge is 0.478 e. The second kappa shape index (κ2) is 13.5. The van der Waals surface area contributed by atoms with Gasteiger partial charge in [-0.1, -0.05) is 93.7 Å². The molecule has 1 heterocycles. The van der Waals surface area contributed by atoms with Gasteiger partial charge in [-0.25, -0.2) is 9.78 Å². The van der Waals surface area contributed by atoms with Gasteiger partial charge in [0.15, 0.2) is 5.76 Å². The van der Waals surface area contributed by atoms with Crippen LogP contribution in [0.3, 0.4) is 0 Å². The minimum absolute atomic E-state index is 0.00120. The van der Waals surface area contributed by atoms with Gasteiger partial charge in [0, 0.05) is 26.9 Å². The Morgan fingerprint density at radius 2 is 1.74 bits per heavy atom. The molecule has 0 amide bonds. The van der Waals surface area contributed by atoms with Crippen LogP contribution in [0.15, 0.2) is 106 Å². The lowest BCUT2D eigenvalue weighted by atomic mass is 10.1. The number of alkyl halides is 2. The summed E-state index contributed by atoms with van der Waals surface area (Å²) in [5, 5.41) is 10.3. The summed E-state index contributed by atoms with van der Waals surface area (Å²) in [6.45, 7) is -0.00120. The van der Waals surface area contributed by atoms with E-state index in [0.29, 0.717) is 28.1 Å². The zero-order valence-electron chi connectivity index (χ0n) is 23.2. The Bertz CT molecular complexity index is 1940. The number of aromatic nitrogens is 1. The highest BCUT2D eigenvalue weighted by molar-refractivity contribution is 9.10. The van der Waals surface area contributed by atoms with Crippen LogP contribution in [0, 0.1) is 0 Å². The molecule has 15 heteroatoms. The molecule has 3 N–H and O–H groups in total. The van der Waals surface area contributed by atoms with Crippen LogP contribution in [0.2, 0.25) is 10.0 Å². The first-order valence-electron chi connectivity index (χ1n) is 13.2. The van der Waals surface area contributed by atoms with Crippen molar-refractivity contribution in [1.29, 1.82) is 0 Å². The van der Waals surface area contributed by atoms with Crippen molar-refractivity contribution in [2.45, 2.75) is 18.3 Å². The molecular weight excluding hydrogens is 732 g/mol. The molecule has 5 rings (SSSR count). The standard InChI is InChI=1S/C31H22BrCl2F2N2O7P/c32-24-13-18(9-11-23(24)31(35,36)46(41,42)43)17-38(21-10-12-25(33)26(34)15-21)30-37-16-27(45-30)20-7-4-8-22(14-20)44-28(29(39)40)19-5-2-1-3-6-19/h1-16,28H,17H2,(H,39,40)(H2,41,42,43). The molecule has 1 atom stereocenters. The minimum atomic E-state index is -5.79. The molecule has 4 aromatic carbocycles. The van der Waals surface area contributed by atoms with Crippen LogP contribution in [0.25, 0.3) is 11.3 Å². The second-order valence-electron chi connectivity index (χ2n) is 9.87. The number of oxazole rings is 1. The molecule has 1 aromatic heterocycles. The summed E-state index contributed by atoms with van der Waals surface area (Å²) in [7, 11) is -5.79. The van der Waals surface area contributed by atoms with Crippen molar-refractivity contribution in [3.63, 3.8) is 0 Å². The molecule has 0 bridgehead atoms. The summed E-state index contributed by atoms with van der Waals surface area (Å²) in [4.78, 5) is 36.3. The van der Waals surface area contributed by atoms with Crippen molar-refractivity contribution in [1.82, 2.24) is 4.98 Å². The fraction of sp³-hybridized carbons (Fsp3) is 0.0968. The lowest BCUT2D eigenvalue weighted by molar-refractivity contribution is -0.145. The molecule has 0 spiro atoms. The van der Waals surface area contributed by atoms with E-state index in [4.69, 9.17) is 32.4 Å². The molecule has 9 nitrogen and oxygen atoms in total. The second-order valence-corrected chi connectivity index (χ2v) is 13.2. The van der Waals surface area contributed by atoms with Crippen LogP contribution in [0.4, 0.5) is 20.5 Å². The van der Waals surface area contributed by atoms with E-state index in [1.165, 1.54) is 18.3 Å². The maximum Gasteiger partial charge on any atom is 0.399 e. The van der Waals surface area contributed by atoms with Crippen molar-refractivity contribution >= 4 is 64.4 Å². The number of anilines is 2. The predicted molar refractivity (Wildman–Crippen MR) is 172 cm³/mol. The van der Waals surface area contributed by atoms with Gasteiger partial charge in [-0.15, -0.1) is 0 Å². The Balaban J connectivity index is 1.47. The third-order valence-corrected chi connectivity index (χ3v) is 9.07. The zero-order chi connectivity index (χ0) is 33.2. The summed E-state index contributed by atoms with van der Waals surface area (Å²) in [5.74, 6) is -0.596. The normalized spacial score (nSPS) is 12.5. The maximum atomic E-state index is 14.4. The number of hydrogen-bond donors (Lipinski definition) is 3. The summed E-state index contributed by atoms with van der Waals surface area (Å²) in [6, 6.07) is 23.5. The van der Waals surface area contributed by atoms with E-state index in [-0.39, 0.29) is 32.8 Å². The summed E-state index contributed by atoms with van der Waals surface area (Å²) < 4.78 is 52.0. The molecule has 46 heavy (non-hydrogen) atoms. The van der Waals surface area contributed by atoms with Gasteiger partial charge in [-0.05, 0) is 42.0 Å². The smallest absolute Gasteiger partial charge is 0.399 e. The van der Waals surface area contributed by atoms with E-state index in [1.807, 2.05) is 0 Å². The molecule has 0 saturated heterocycles. The summed E-state index contributed by atoms with van der Waals surface area (Å²) in [5.41, 5.74) is -3.37. The number of carbonyl (C=O) groups is 1. The highest BCUT2D eigenvalue weighted by atomic mass is 79.9. The number of nitrogens with zero attached hydrogens (tertiary/aromatic N) is 2. The number of halogens is 5. The summed E-state index contributed by atoms with van der Waals surface area (Å²) in [6.07, 6.45) is 0.198. The fourth-order valence-corrected chi connectivity index (χ4v) is 6.06. The topological polar surface area (TPSA) is 133 Å². The Morgan fingerprint density at radius 3 is 2.39 bits per heavy atom. The molecule has 0 fully saturated rings. The zero-order valence-corrected chi connectivity index (χ0v) is 27.2. The number of hydrogen-bond acceptors (Lipinski definition) is 6. The van der Waals surface area contributed by atoms with Crippen molar-refractivity contribution in [3.8, 4) is 17.1 Å². The van der Waals surface area contributed by atoms with Gasteiger partial charge in [0.2, 0.25) is 6.10 Å². The first-order chi connectivity index (χ1) is 21.7. The number of ether oxygens (including phenoxy) is 1. The first kappa shape index (κ1) is 33.6. The number of benzene rings is 4. The molecule has 238 valence electrons. The molecule has 0 radical (unpaired) electrons. The summed E-state index contributed by atoms with van der Waals surface area (Å²) >= 11 is 15.4. The molecular formula is C31H22BrCl2F2N2O7P.